The normalized spacial score (nSPS) is 19.5. The molecule has 0 spiro atoms. The van der Waals surface area contributed by atoms with Gasteiger partial charge in [-0.25, -0.2) is 8.42 Å². The molecule has 0 radical (unpaired) electrons. The van der Waals surface area contributed by atoms with Gasteiger partial charge in [0.2, 0.25) is 10.0 Å². The van der Waals surface area contributed by atoms with Gasteiger partial charge in [-0.15, -0.1) is 0 Å². The van der Waals surface area contributed by atoms with Crippen molar-refractivity contribution >= 4 is 10.0 Å². The maximum Gasteiger partial charge on any atom is 0.243 e. The van der Waals surface area contributed by atoms with Gasteiger partial charge in [0.25, 0.3) is 0 Å². The molecule has 0 aliphatic carbocycles. The van der Waals surface area contributed by atoms with E-state index in [2.05, 4.69) is 4.90 Å². The van der Waals surface area contributed by atoms with Gasteiger partial charge in [-0.2, -0.15) is 4.31 Å². The summed E-state index contributed by atoms with van der Waals surface area (Å²) in [6.45, 7) is 3.49. The summed E-state index contributed by atoms with van der Waals surface area (Å²) in [5.41, 5.74) is 0.870. The summed E-state index contributed by atoms with van der Waals surface area (Å²) in [5, 5.41) is 10.4. The number of piperazine rings is 1. The van der Waals surface area contributed by atoms with E-state index < -0.39 is 16.1 Å². The topological polar surface area (TPSA) is 79.3 Å². The smallest absolute Gasteiger partial charge is 0.243 e. The first-order chi connectivity index (χ1) is 14.0. The summed E-state index contributed by atoms with van der Waals surface area (Å²) in [6.07, 6.45) is 0.189. The average Bonchev–Trinajstić information content (AvgIpc) is 2.99. The van der Waals surface area contributed by atoms with E-state index in [1.165, 1.54) is 4.31 Å². The molecule has 0 amide bonds. The molecule has 2 aromatic rings. The zero-order valence-electron chi connectivity index (χ0n) is 16.2. The molecule has 2 aromatic carbocycles. The fourth-order valence-corrected chi connectivity index (χ4v) is 5.07. The number of ether oxygens (including phenoxy) is 2. The predicted octanol–water partition coefficient (Wildman–Crippen LogP) is 1.89. The van der Waals surface area contributed by atoms with E-state index in [-0.39, 0.29) is 4.90 Å². The highest BCUT2D eigenvalue weighted by molar-refractivity contribution is 7.89. The van der Waals surface area contributed by atoms with E-state index in [1.54, 1.807) is 18.2 Å². The molecule has 1 N–H and O–H groups in total. The molecule has 156 valence electrons. The summed E-state index contributed by atoms with van der Waals surface area (Å²) in [4.78, 5) is 2.32. The van der Waals surface area contributed by atoms with E-state index in [1.807, 2.05) is 30.3 Å². The number of benzene rings is 2. The van der Waals surface area contributed by atoms with Crippen LogP contribution in [0.1, 0.15) is 18.1 Å². The fraction of sp³-hybridized carbons (Fsp3) is 0.429. The second-order valence-corrected chi connectivity index (χ2v) is 9.23. The van der Waals surface area contributed by atoms with Crippen LogP contribution in [0.25, 0.3) is 0 Å². The third kappa shape index (κ3) is 4.56. The standard InChI is InChI=1S/C21H26N2O5S/c24-19(17-5-2-1-3-6-17)16-22-9-11-23(12-10-22)29(25,26)18-7-8-20-21(15-18)28-14-4-13-27-20/h1-3,5-8,15,19,24H,4,9-14,16H2. The summed E-state index contributed by atoms with van der Waals surface area (Å²) < 4.78 is 38.9. The van der Waals surface area contributed by atoms with E-state index in [9.17, 15) is 13.5 Å². The first-order valence-electron chi connectivity index (χ1n) is 9.89. The van der Waals surface area contributed by atoms with Crippen molar-refractivity contribution in [3.63, 3.8) is 0 Å². The molecule has 2 aliphatic heterocycles. The van der Waals surface area contributed by atoms with Crippen LogP contribution in [0.2, 0.25) is 0 Å². The number of aliphatic hydroxyl groups is 1. The number of rotatable bonds is 5. The molecule has 2 aliphatic rings. The van der Waals surface area contributed by atoms with Gasteiger partial charge in [-0.05, 0) is 17.7 Å². The predicted molar refractivity (Wildman–Crippen MR) is 109 cm³/mol. The van der Waals surface area contributed by atoms with Crippen LogP contribution >= 0.6 is 0 Å². The van der Waals surface area contributed by atoms with Crippen molar-refractivity contribution in [2.75, 3.05) is 45.9 Å². The van der Waals surface area contributed by atoms with E-state index >= 15 is 0 Å². The largest absolute Gasteiger partial charge is 0.490 e. The number of sulfonamides is 1. The Hall–Kier alpha value is -2.13. The Morgan fingerprint density at radius 3 is 2.34 bits per heavy atom. The van der Waals surface area contributed by atoms with Crippen LogP contribution in [-0.4, -0.2) is 68.7 Å². The number of fused-ring (bicyclic) bond motifs is 1. The van der Waals surface area contributed by atoms with Crippen LogP contribution in [0.15, 0.2) is 53.4 Å². The third-order valence-corrected chi connectivity index (χ3v) is 7.20. The molecule has 1 saturated heterocycles. The quantitative estimate of drug-likeness (QED) is 0.799. The van der Waals surface area contributed by atoms with Crippen LogP contribution < -0.4 is 9.47 Å². The number of aliphatic hydroxyl groups excluding tert-OH is 1. The first kappa shape index (κ1) is 20.2. The molecule has 29 heavy (non-hydrogen) atoms. The van der Waals surface area contributed by atoms with Gasteiger partial charge < -0.3 is 14.6 Å². The molecule has 1 unspecified atom stereocenters. The van der Waals surface area contributed by atoms with Crippen molar-refractivity contribution in [3.05, 3.63) is 54.1 Å². The summed E-state index contributed by atoms with van der Waals surface area (Å²) in [6, 6.07) is 14.3. The molecule has 7 nitrogen and oxygen atoms in total. The van der Waals surface area contributed by atoms with Crippen LogP contribution in [0, 0.1) is 0 Å². The van der Waals surface area contributed by atoms with Crippen molar-refractivity contribution < 1.29 is 23.0 Å². The highest BCUT2D eigenvalue weighted by Gasteiger charge is 2.30. The molecule has 0 bridgehead atoms. The lowest BCUT2D eigenvalue weighted by molar-refractivity contribution is 0.0921. The fourth-order valence-electron chi connectivity index (χ4n) is 3.63. The summed E-state index contributed by atoms with van der Waals surface area (Å²) in [5.74, 6) is 1.06. The monoisotopic (exact) mass is 418 g/mol. The third-order valence-electron chi connectivity index (χ3n) is 5.30. The minimum Gasteiger partial charge on any atom is -0.490 e. The molecular formula is C21H26N2O5S. The second kappa shape index (κ2) is 8.71. The minimum absolute atomic E-state index is 0.222. The highest BCUT2D eigenvalue weighted by Crippen LogP contribution is 2.33. The maximum absolute atomic E-state index is 13.1. The molecule has 2 heterocycles. The lowest BCUT2D eigenvalue weighted by Gasteiger charge is -2.35. The van der Waals surface area contributed by atoms with Gasteiger partial charge in [0, 0.05) is 45.2 Å². The highest BCUT2D eigenvalue weighted by atomic mass is 32.2. The Morgan fingerprint density at radius 2 is 1.62 bits per heavy atom. The van der Waals surface area contributed by atoms with Crippen molar-refractivity contribution in [1.29, 1.82) is 0 Å². The molecule has 4 rings (SSSR count). The minimum atomic E-state index is -3.60. The second-order valence-electron chi connectivity index (χ2n) is 7.29. The van der Waals surface area contributed by atoms with Crippen LogP contribution in [-0.2, 0) is 10.0 Å². The van der Waals surface area contributed by atoms with Gasteiger partial charge in [-0.1, -0.05) is 30.3 Å². The molecular weight excluding hydrogens is 392 g/mol. The molecule has 1 atom stereocenters. The van der Waals surface area contributed by atoms with Crippen molar-refractivity contribution in [2.24, 2.45) is 0 Å². The van der Waals surface area contributed by atoms with Crippen molar-refractivity contribution in [2.45, 2.75) is 17.4 Å². The Morgan fingerprint density at radius 1 is 0.931 bits per heavy atom. The Bertz CT molecular complexity index is 927. The molecule has 0 aromatic heterocycles. The van der Waals surface area contributed by atoms with Crippen molar-refractivity contribution in [1.82, 2.24) is 9.21 Å². The lowest BCUT2D eigenvalue weighted by atomic mass is 10.1. The average molecular weight is 419 g/mol. The molecule has 0 saturated carbocycles. The Labute approximate surface area is 171 Å². The summed E-state index contributed by atoms with van der Waals surface area (Å²) in [7, 11) is -3.60. The number of hydrogen-bond acceptors (Lipinski definition) is 6. The Balaban J connectivity index is 1.39. The van der Waals surface area contributed by atoms with Crippen molar-refractivity contribution in [3.8, 4) is 11.5 Å². The number of nitrogens with zero attached hydrogens (tertiary/aromatic N) is 2. The van der Waals surface area contributed by atoms with E-state index in [0.29, 0.717) is 57.4 Å². The Kier molecular flexibility index (Phi) is 6.05. The van der Waals surface area contributed by atoms with E-state index in [4.69, 9.17) is 9.47 Å². The lowest BCUT2D eigenvalue weighted by Crippen LogP contribution is -2.49. The SMILES string of the molecule is O=S(=O)(c1ccc2c(c1)OCCCO2)N1CCN(CC(O)c2ccccc2)CC1. The van der Waals surface area contributed by atoms with Gasteiger partial charge in [-0.3, -0.25) is 4.90 Å². The number of β-amino-alcohol motifs (C(OH)–C–C–N with tert-alkyl or cyclic N) is 1. The zero-order chi connectivity index (χ0) is 20.3. The first-order valence-corrected chi connectivity index (χ1v) is 11.3. The van der Waals surface area contributed by atoms with Crippen LogP contribution in [0.3, 0.4) is 0 Å². The van der Waals surface area contributed by atoms with Crippen LogP contribution in [0.4, 0.5) is 0 Å². The van der Waals surface area contributed by atoms with Gasteiger partial charge >= 0.3 is 0 Å². The van der Waals surface area contributed by atoms with Gasteiger partial charge in [0.15, 0.2) is 11.5 Å². The number of hydrogen-bond donors (Lipinski definition) is 1. The van der Waals surface area contributed by atoms with Crippen LogP contribution in [0.5, 0.6) is 11.5 Å². The maximum atomic E-state index is 13.1. The molecule has 8 heteroatoms. The summed E-state index contributed by atoms with van der Waals surface area (Å²) >= 11 is 0. The van der Waals surface area contributed by atoms with E-state index in [0.717, 1.165) is 12.0 Å². The molecule has 1 fully saturated rings. The van der Waals surface area contributed by atoms with Gasteiger partial charge in [0.1, 0.15) is 0 Å². The zero-order valence-corrected chi connectivity index (χ0v) is 17.1. The van der Waals surface area contributed by atoms with Gasteiger partial charge in [0.05, 0.1) is 24.2 Å².